The van der Waals surface area contributed by atoms with Gasteiger partial charge in [0, 0.05) is 18.8 Å². The monoisotopic (exact) mass is 282 g/mol. The Balaban J connectivity index is 2.47. The molecule has 0 saturated carbocycles. The topological polar surface area (TPSA) is 63.4 Å². The second-order valence-corrected chi connectivity index (χ2v) is 7.12. The third kappa shape index (κ3) is 2.77. The van der Waals surface area contributed by atoms with Crippen molar-refractivity contribution in [3.63, 3.8) is 0 Å². The van der Waals surface area contributed by atoms with E-state index in [1.807, 2.05) is 6.92 Å². The zero-order chi connectivity index (χ0) is 14.0. The molecule has 2 N–H and O–H groups in total. The largest absolute Gasteiger partial charge is 0.398 e. The van der Waals surface area contributed by atoms with E-state index in [0.29, 0.717) is 29.2 Å². The van der Waals surface area contributed by atoms with Crippen molar-refractivity contribution in [1.29, 1.82) is 0 Å². The first-order valence-corrected chi connectivity index (χ1v) is 8.24. The van der Waals surface area contributed by atoms with E-state index in [4.69, 9.17) is 5.73 Å². The molecule has 1 heterocycles. The predicted octanol–water partition coefficient (Wildman–Crippen LogP) is 2.45. The molecule has 1 aliphatic heterocycles. The Labute approximate surface area is 115 Å². The summed E-state index contributed by atoms with van der Waals surface area (Å²) in [6, 6.07) is 3.55. The van der Waals surface area contributed by atoms with Crippen molar-refractivity contribution in [1.82, 2.24) is 4.31 Å². The highest BCUT2D eigenvalue weighted by Crippen LogP contribution is 2.28. The zero-order valence-electron chi connectivity index (χ0n) is 11.6. The average Bonchev–Trinajstić information content (AvgIpc) is 2.63. The molecule has 0 bridgehead atoms. The molecule has 1 fully saturated rings. The van der Waals surface area contributed by atoms with Crippen LogP contribution in [0.15, 0.2) is 17.0 Å². The Morgan fingerprint density at radius 1 is 1.05 bits per heavy atom. The molecule has 2 rings (SSSR count). The Bertz CT molecular complexity index is 559. The molecule has 0 radical (unpaired) electrons. The van der Waals surface area contributed by atoms with E-state index in [1.165, 1.54) is 0 Å². The second kappa shape index (κ2) is 5.51. The standard InChI is InChI=1S/C14H22N2O2S/c1-11-7-8-13(15)12(2)14(11)19(17,18)16-9-5-3-4-6-10-16/h7-8H,3-6,9-10,15H2,1-2H3. The fourth-order valence-electron chi connectivity index (χ4n) is 2.65. The van der Waals surface area contributed by atoms with Crippen molar-refractivity contribution >= 4 is 15.7 Å². The summed E-state index contributed by atoms with van der Waals surface area (Å²) in [5.74, 6) is 0. The van der Waals surface area contributed by atoms with Crippen LogP contribution in [0.5, 0.6) is 0 Å². The smallest absolute Gasteiger partial charge is 0.243 e. The fourth-order valence-corrected chi connectivity index (χ4v) is 4.63. The van der Waals surface area contributed by atoms with E-state index in [-0.39, 0.29) is 0 Å². The van der Waals surface area contributed by atoms with Crippen LogP contribution in [0.25, 0.3) is 0 Å². The highest BCUT2D eigenvalue weighted by molar-refractivity contribution is 7.89. The van der Waals surface area contributed by atoms with Crippen molar-refractivity contribution < 1.29 is 8.42 Å². The molecule has 1 saturated heterocycles. The maximum Gasteiger partial charge on any atom is 0.243 e. The summed E-state index contributed by atoms with van der Waals surface area (Å²) < 4.78 is 27.2. The molecule has 1 aromatic carbocycles. The molecule has 0 amide bonds. The lowest BCUT2D eigenvalue weighted by Crippen LogP contribution is -2.33. The minimum absolute atomic E-state index is 0.398. The summed E-state index contributed by atoms with van der Waals surface area (Å²) in [5.41, 5.74) is 7.85. The van der Waals surface area contributed by atoms with Crippen molar-refractivity contribution in [2.75, 3.05) is 18.8 Å². The number of nitrogens with zero attached hydrogens (tertiary/aromatic N) is 1. The van der Waals surface area contributed by atoms with Crippen molar-refractivity contribution in [3.05, 3.63) is 23.3 Å². The van der Waals surface area contributed by atoms with Crippen LogP contribution in [0.4, 0.5) is 5.69 Å². The van der Waals surface area contributed by atoms with Crippen LogP contribution in [0.2, 0.25) is 0 Å². The summed E-state index contributed by atoms with van der Waals surface area (Å²) in [5, 5.41) is 0. The minimum atomic E-state index is -3.42. The third-order valence-corrected chi connectivity index (χ3v) is 6.00. The molecule has 0 aliphatic carbocycles. The molecule has 1 aliphatic rings. The Morgan fingerprint density at radius 2 is 1.63 bits per heavy atom. The van der Waals surface area contributed by atoms with E-state index in [0.717, 1.165) is 31.2 Å². The van der Waals surface area contributed by atoms with E-state index >= 15 is 0 Å². The Hall–Kier alpha value is -1.07. The zero-order valence-corrected chi connectivity index (χ0v) is 12.5. The van der Waals surface area contributed by atoms with Gasteiger partial charge in [0.05, 0.1) is 4.90 Å². The summed E-state index contributed by atoms with van der Waals surface area (Å²) in [7, 11) is -3.42. The maximum absolute atomic E-state index is 12.8. The van der Waals surface area contributed by atoms with Crippen LogP contribution in [-0.4, -0.2) is 25.8 Å². The van der Waals surface area contributed by atoms with Gasteiger partial charge in [-0.25, -0.2) is 8.42 Å². The lowest BCUT2D eigenvalue weighted by Gasteiger charge is -2.22. The molecule has 106 valence electrons. The number of benzene rings is 1. The van der Waals surface area contributed by atoms with Gasteiger partial charge in [0.25, 0.3) is 0 Å². The Morgan fingerprint density at radius 3 is 2.21 bits per heavy atom. The predicted molar refractivity (Wildman–Crippen MR) is 77.6 cm³/mol. The molecule has 0 spiro atoms. The number of nitrogen functional groups attached to an aromatic ring is 1. The van der Waals surface area contributed by atoms with Crippen LogP contribution in [0, 0.1) is 13.8 Å². The number of sulfonamides is 1. The minimum Gasteiger partial charge on any atom is -0.398 e. The first-order valence-electron chi connectivity index (χ1n) is 6.80. The van der Waals surface area contributed by atoms with Gasteiger partial charge in [0.2, 0.25) is 10.0 Å². The molecule has 0 aromatic heterocycles. The Kier molecular flexibility index (Phi) is 4.16. The van der Waals surface area contributed by atoms with E-state index in [9.17, 15) is 8.42 Å². The summed E-state index contributed by atoms with van der Waals surface area (Å²) in [4.78, 5) is 0.398. The first-order chi connectivity index (χ1) is 8.94. The van der Waals surface area contributed by atoms with Gasteiger partial charge in [0.1, 0.15) is 0 Å². The number of hydrogen-bond acceptors (Lipinski definition) is 3. The summed E-state index contributed by atoms with van der Waals surface area (Å²) >= 11 is 0. The van der Waals surface area contributed by atoms with Crippen LogP contribution < -0.4 is 5.73 Å². The van der Waals surface area contributed by atoms with E-state index in [2.05, 4.69) is 0 Å². The molecular weight excluding hydrogens is 260 g/mol. The van der Waals surface area contributed by atoms with Crippen LogP contribution >= 0.6 is 0 Å². The van der Waals surface area contributed by atoms with Gasteiger partial charge >= 0.3 is 0 Å². The second-order valence-electron chi connectivity index (χ2n) is 5.24. The molecule has 5 heteroatoms. The summed E-state index contributed by atoms with van der Waals surface area (Å²) in [6.07, 6.45) is 4.11. The van der Waals surface area contributed by atoms with Crippen molar-refractivity contribution in [3.8, 4) is 0 Å². The lowest BCUT2D eigenvalue weighted by molar-refractivity contribution is 0.423. The van der Waals surface area contributed by atoms with Crippen LogP contribution in [0.3, 0.4) is 0 Å². The number of nitrogens with two attached hydrogens (primary N) is 1. The molecule has 19 heavy (non-hydrogen) atoms. The molecule has 1 aromatic rings. The van der Waals surface area contributed by atoms with Crippen LogP contribution in [0.1, 0.15) is 36.8 Å². The van der Waals surface area contributed by atoms with E-state index in [1.54, 1.807) is 23.4 Å². The van der Waals surface area contributed by atoms with Gasteiger partial charge in [-0.15, -0.1) is 0 Å². The number of hydrogen-bond donors (Lipinski definition) is 1. The quantitative estimate of drug-likeness (QED) is 0.847. The van der Waals surface area contributed by atoms with Gasteiger partial charge in [-0.3, -0.25) is 0 Å². The van der Waals surface area contributed by atoms with Gasteiger partial charge in [0.15, 0.2) is 0 Å². The van der Waals surface area contributed by atoms with Gasteiger partial charge in [-0.1, -0.05) is 18.9 Å². The molecule has 0 unspecified atom stereocenters. The van der Waals surface area contributed by atoms with Gasteiger partial charge < -0.3 is 5.73 Å². The SMILES string of the molecule is Cc1ccc(N)c(C)c1S(=O)(=O)N1CCCCCC1. The molecule has 4 nitrogen and oxygen atoms in total. The highest BCUT2D eigenvalue weighted by Gasteiger charge is 2.28. The third-order valence-electron chi connectivity index (χ3n) is 3.81. The maximum atomic E-state index is 12.8. The first kappa shape index (κ1) is 14.3. The number of aryl methyl sites for hydroxylation is 1. The molecule has 0 atom stereocenters. The lowest BCUT2D eigenvalue weighted by atomic mass is 10.1. The highest BCUT2D eigenvalue weighted by atomic mass is 32.2. The average molecular weight is 282 g/mol. The fraction of sp³-hybridized carbons (Fsp3) is 0.571. The summed E-state index contributed by atoms with van der Waals surface area (Å²) in [6.45, 7) is 4.86. The molecular formula is C14H22N2O2S. The van der Waals surface area contributed by atoms with Crippen molar-refractivity contribution in [2.24, 2.45) is 0 Å². The van der Waals surface area contributed by atoms with E-state index < -0.39 is 10.0 Å². The van der Waals surface area contributed by atoms with Gasteiger partial charge in [-0.05, 0) is 43.9 Å². The van der Waals surface area contributed by atoms with Crippen molar-refractivity contribution in [2.45, 2.75) is 44.4 Å². The number of anilines is 1. The van der Waals surface area contributed by atoms with Gasteiger partial charge in [-0.2, -0.15) is 4.31 Å². The van der Waals surface area contributed by atoms with Crippen LogP contribution in [-0.2, 0) is 10.0 Å². The normalized spacial score (nSPS) is 18.2. The number of rotatable bonds is 2.